The smallest absolute Gasteiger partial charge is 0.279 e. The summed E-state index contributed by atoms with van der Waals surface area (Å²) in [4.78, 5) is 24.8. The van der Waals surface area contributed by atoms with Crippen molar-refractivity contribution in [2.24, 2.45) is 0 Å². The first-order valence-electron chi connectivity index (χ1n) is 7.87. The molecule has 3 N–H and O–H groups in total. The maximum absolute atomic E-state index is 13.0. The predicted molar refractivity (Wildman–Crippen MR) is 98.3 cm³/mol. The number of quaternary nitrogens is 1. The number of hydrogen-bond acceptors (Lipinski definition) is 3. The Morgan fingerprint density at radius 1 is 1.08 bits per heavy atom. The first-order valence-corrected chi connectivity index (χ1v) is 8.25. The highest BCUT2D eigenvalue weighted by Crippen LogP contribution is 2.22. The average Bonchev–Trinajstić information content (AvgIpc) is 2.57. The second-order valence-electron chi connectivity index (χ2n) is 5.76. The molecule has 8 heteroatoms. The van der Waals surface area contributed by atoms with Gasteiger partial charge in [0.1, 0.15) is 11.6 Å². The summed E-state index contributed by atoms with van der Waals surface area (Å²) in [7, 11) is 3.29. The summed E-state index contributed by atoms with van der Waals surface area (Å²) in [6.45, 7) is 0.167. The Morgan fingerprint density at radius 2 is 1.69 bits per heavy atom. The fraction of sp³-hybridized carbons (Fsp3) is 0.222. The van der Waals surface area contributed by atoms with Gasteiger partial charge in [-0.25, -0.2) is 4.39 Å². The van der Waals surface area contributed by atoms with E-state index in [4.69, 9.17) is 16.3 Å². The molecular weight excluding hydrogens is 361 g/mol. The third-order valence-corrected chi connectivity index (χ3v) is 3.82. The third-order valence-electron chi connectivity index (χ3n) is 3.50. The van der Waals surface area contributed by atoms with Crippen LogP contribution in [-0.2, 0) is 9.59 Å². The van der Waals surface area contributed by atoms with E-state index in [9.17, 15) is 14.0 Å². The molecule has 0 aliphatic heterocycles. The maximum Gasteiger partial charge on any atom is 0.279 e. The van der Waals surface area contributed by atoms with Crippen molar-refractivity contribution < 1.29 is 23.6 Å². The Kier molecular flexibility index (Phi) is 6.94. The summed E-state index contributed by atoms with van der Waals surface area (Å²) in [6.07, 6.45) is 0. The van der Waals surface area contributed by atoms with Crippen LogP contribution in [-0.4, -0.2) is 39.1 Å². The number of likely N-dealkylation sites (N-methyl/N-ethyl adjacent to an activating group) is 1. The largest absolute Gasteiger partial charge is 0.497 e. The van der Waals surface area contributed by atoms with Crippen LogP contribution < -0.4 is 20.3 Å². The van der Waals surface area contributed by atoms with Crippen molar-refractivity contribution in [2.45, 2.75) is 0 Å². The molecule has 0 radical (unpaired) electrons. The minimum absolute atomic E-state index is 0.0593. The Bertz CT molecular complexity index is 784. The average molecular weight is 381 g/mol. The van der Waals surface area contributed by atoms with Crippen LogP contribution >= 0.6 is 11.6 Å². The van der Waals surface area contributed by atoms with Gasteiger partial charge in [-0.1, -0.05) is 11.6 Å². The SMILES string of the molecule is COc1ccc(NC(=O)C[NH+](C)CC(=O)Nc2ccc(F)cc2Cl)cc1. The molecule has 0 bridgehead atoms. The number of anilines is 2. The van der Waals surface area contributed by atoms with Gasteiger partial charge in [0.2, 0.25) is 0 Å². The predicted octanol–water partition coefficient (Wildman–Crippen LogP) is 1.58. The number of halogens is 2. The zero-order valence-corrected chi connectivity index (χ0v) is 15.2. The van der Waals surface area contributed by atoms with Crippen molar-refractivity contribution in [3.05, 3.63) is 53.3 Å². The van der Waals surface area contributed by atoms with E-state index in [2.05, 4.69) is 10.6 Å². The van der Waals surface area contributed by atoms with Gasteiger partial charge in [-0.05, 0) is 42.5 Å². The van der Waals surface area contributed by atoms with E-state index in [1.807, 2.05) is 0 Å². The molecule has 0 fully saturated rings. The molecule has 0 aliphatic rings. The van der Waals surface area contributed by atoms with Crippen molar-refractivity contribution in [2.75, 3.05) is 37.9 Å². The standard InChI is InChI=1S/C18H19ClFN3O3/c1-23(10-17(24)21-13-4-6-14(26-2)7-5-13)11-18(25)22-16-8-3-12(20)9-15(16)19/h3-9H,10-11H2,1-2H3,(H,21,24)(H,22,25)/p+1. The van der Waals surface area contributed by atoms with E-state index in [1.54, 1.807) is 38.4 Å². The molecule has 2 rings (SSSR count). The summed E-state index contributed by atoms with van der Waals surface area (Å²) < 4.78 is 18.1. The van der Waals surface area contributed by atoms with Crippen LogP contribution in [0.5, 0.6) is 5.75 Å². The molecule has 0 saturated carbocycles. The number of hydrogen-bond donors (Lipinski definition) is 3. The highest BCUT2D eigenvalue weighted by molar-refractivity contribution is 6.33. The number of carbonyl (C=O) groups is 2. The number of rotatable bonds is 7. The highest BCUT2D eigenvalue weighted by Gasteiger charge is 2.15. The van der Waals surface area contributed by atoms with Crippen molar-refractivity contribution in [1.82, 2.24) is 0 Å². The second-order valence-corrected chi connectivity index (χ2v) is 6.17. The van der Waals surface area contributed by atoms with Gasteiger partial charge in [-0.15, -0.1) is 0 Å². The lowest BCUT2D eigenvalue weighted by Gasteiger charge is -2.14. The second kappa shape index (κ2) is 9.17. The summed E-state index contributed by atoms with van der Waals surface area (Å²) >= 11 is 5.87. The molecule has 2 aromatic rings. The van der Waals surface area contributed by atoms with Gasteiger partial charge in [0, 0.05) is 5.69 Å². The van der Waals surface area contributed by atoms with Gasteiger partial charge >= 0.3 is 0 Å². The summed E-state index contributed by atoms with van der Waals surface area (Å²) in [6, 6.07) is 10.7. The molecule has 26 heavy (non-hydrogen) atoms. The van der Waals surface area contributed by atoms with Crippen LogP contribution in [0.2, 0.25) is 5.02 Å². The molecule has 2 amide bonds. The Labute approximate surface area is 155 Å². The van der Waals surface area contributed by atoms with Crippen LogP contribution in [0.25, 0.3) is 0 Å². The molecule has 6 nitrogen and oxygen atoms in total. The van der Waals surface area contributed by atoms with Crippen LogP contribution in [0.15, 0.2) is 42.5 Å². The van der Waals surface area contributed by atoms with Crippen molar-refractivity contribution >= 4 is 34.8 Å². The lowest BCUT2D eigenvalue weighted by molar-refractivity contribution is -0.862. The molecule has 0 aromatic heterocycles. The minimum Gasteiger partial charge on any atom is -0.497 e. The Balaban J connectivity index is 1.81. The molecule has 1 unspecified atom stereocenters. The Morgan fingerprint density at radius 3 is 2.27 bits per heavy atom. The number of amides is 2. The zero-order valence-electron chi connectivity index (χ0n) is 14.4. The van der Waals surface area contributed by atoms with E-state index < -0.39 is 5.82 Å². The molecule has 0 heterocycles. The van der Waals surface area contributed by atoms with Crippen LogP contribution in [0.3, 0.4) is 0 Å². The van der Waals surface area contributed by atoms with Gasteiger partial charge in [0.05, 0.1) is 24.9 Å². The topological polar surface area (TPSA) is 71.9 Å². The van der Waals surface area contributed by atoms with Gasteiger partial charge in [0.15, 0.2) is 13.1 Å². The van der Waals surface area contributed by atoms with Crippen molar-refractivity contribution in [3.63, 3.8) is 0 Å². The number of methoxy groups -OCH3 is 1. The molecule has 138 valence electrons. The highest BCUT2D eigenvalue weighted by atomic mass is 35.5. The van der Waals surface area contributed by atoms with Crippen molar-refractivity contribution in [1.29, 1.82) is 0 Å². The lowest BCUT2D eigenvalue weighted by atomic mass is 10.3. The van der Waals surface area contributed by atoms with E-state index in [0.29, 0.717) is 22.0 Å². The minimum atomic E-state index is -0.481. The number of nitrogens with one attached hydrogen (secondary N) is 3. The normalized spacial score (nSPS) is 11.5. The van der Waals surface area contributed by atoms with Gasteiger partial charge in [-0.2, -0.15) is 0 Å². The number of carbonyl (C=O) groups excluding carboxylic acids is 2. The zero-order chi connectivity index (χ0) is 19.1. The van der Waals surface area contributed by atoms with Gasteiger partial charge in [-0.3, -0.25) is 9.59 Å². The van der Waals surface area contributed by atoms with E-state index >= 15 is 0 Å². The van der Waals surface area contributed by atoms with E-state index in [1.165, 1.54) is 12.1 Å². The van der Waals surface area contributed by atoms with Crippen LogP contribution in [0, 0.1) is 5.82 Å². The first-order chi connectivity index (χ1) is 12.4. The third kappa shape index (κ3) is 6.02. The van der Waals surface area contributed by atoms with E-state index in [0.717, 1.165) is 6.07 Å². The van der Waals surface area contributed by atoms with Crippen LogP contribution in [0.1, 0.15) is 0 Å². The fourth-order valence-corrected chi connectivity index (χ4v) is 2.49. The molecule has 0 saturated heterocycles. The monoisotopic (exact) mass is 380 g/mol. The quantitative estimate of drug-likeness (QED) is 0.683. The lowest BCUT2D eigenvalue weighted by Crippen LogP contribution is -3.11. The van der Waals surface area contributed by atoms with Gasteiger partial charge < -0.3 is 20.3 Å². The summed E-state index contributed by atoms with van der Waals surface area (Å²) in [5.41, 5.74) is 0.972. The molecule has 0 spiro atoms. The summed E-state index contributed by atoms with van der Waals surface area (Å²) in [5, 5.41) is 5.47. The summed E-state index contributed by atoms with van der Waals surface area (Å²) in [5.74, 6) is -0.332. The molecule has 1 atom stereocenters. The van der Waals surface area contributed by atoms with Crippen molar-refractivity contribution in [3.8, 4) is 5.75 Å². The molecule has 2 aromatic carbocycles. The maximum atomic E-state index is 13.0. The number of benzene rings is 2. The van der Waals surface area contributed by atoms with Gasteiger partial charge in [0.25, 0.3) is 11.8 Å². The first kappa shape index (κ1) is 19.7. The number of ether oxygens (including phenoxy) is 1. The molecule has 0 aliphatic carbocycles. The molecular formula is C18H20ClFN3O3+. The van der Waals surface area contributed by atoms with E-state index in [-0.39, 0.29) is 29.9 Å². The van der Waals surface area contributed by atoms with Crippen LogP contribution in [0.4, 0.5) is 15.8 Å². The Hall–Kier alpha value is -2.64. The fourth-order valence-electron chi connectivity index (χ4n) is 2.28.